The van der Waals surface area contributed by atoms with E-state index in [1.54, 1.807) is 13.0 Å². The largest absolute Gasteiger partial charge is 0.326 e. The number of fused-ring (bicyclic) bond motifs is 1. The molecule has 1 N–H and O–H groups in total. The molecule has 1 aliphatic rings. The summed E-state index contributed by atoms with van der Waals surface area (Å²) < 4.78 is 26.4. The summed E-state index contributed by atoms with van der Waals surface area (Å²) in [7, 11) is -3.33. The van der Waals surface area contributed by atoms with E-state index in [0.29, 0.717) is 17.9 Å². The van der Waals surface area contributed by atoms with Gasteiger partial charge in [0.05, 0.1) is 17.9 Å². The third-order valence-electron chi connectivity index (χ3n) is 5.57. The van der Waals surface area contributed by atoms with Crippen LogP contribution < -0.4 is 9.62 Å². The van der Waals surface area contributed by atoms with Crippen LogP contribution in [0.1, 0.15) is 24.5 Å². The van der Waals surface area contributed by atoms with Crippen molar-refractivity contribution < 1.29 is 13.2 Å². The lowest BCUT2D eigenvalue weighted by atomic mass is 10.0. The number of sulfonamides is 1. The molecule has 0 bridgehead atoms. The minimum atomic E-state index is -3.33. The maximum absolute atomic E-state index is 12.6. The molecule has 0 unspecified atom stereocenters. The molecular weight excluding hydrogens is 408 g/mol. The first-order valence-corrected chi connectivity index (χ1v) is 12.1. The number of amides is 1. The van der Waals surface area contributed by atoms with Crippen molar-refractivity contribution in [2.24, 2.45) is 0 Å². The molecule has 5 nitrogen and oxygen atoms in total. The molecule has 0 aliphatic carbocycles. The fourth-order valence-electron chi connectivity index (χ4n) is 3.90. The third-order valence-corrected chi connectivity index (χ3v) is 7.35. The second-order valence-electron chi connectivity index (χ2n) is 7.71. The van der Waals surface area contributed by atoms with Crippen LogP contribution in [0, 0.1) is 0 Å². The summed E-state index contributed by atoms with van der Waals surface area (Å²) in [5.74, 6) is -0.0738. The zero-order chi connectivity index (χ0) is 21.8. The van der Waals surface area contributed by atoms with E-state index in [1.807, 2.05) is 54.6 Å². The van der Waals surface area contributed by atoms with Gasteiger partial charge in [-0.3, -0.25) is 9.10 Å². The lowest BCUT2D eigenvalue weighted by molar-refractivity contribution is -0.115. The second kappa shape index (κ2) is 8.94. The number of anilines is 2. The number of aryl methyl sites for hydroxylation is 1. The van der Waals surface area contributed by atoms with E-state index in [0.717, 1.165) is 35.1 Å². The van der Waals surface area contributed by atoms with Crippen molar-refractivity contribution in [3.8, 4) is 11.1 Å². The quantitative estimate of drug-likeness (QED) is 0.615. The third kappa shape index (κ3) is 4.80. The van der Waals surface area contributed by atoms with Gasteiger partial charge in [0.15, 0.2) is 0 Å². The summed E-state index contributed by atoms with van der Waals surface area (Å²) in [6.07, 6.45) is 1.90. The van der Waals surface area contributed by atoms with Gasteiger partial charge in [0.1, 0.15) is 0 Å². The van der Waals surface area contributed by atoms with E-state index in [4.69, 9.17) is 0 Å². The Kier molecular flexibility index (Phi) is 6.09. The van der Waals surface area contributed by atoms with E-state index >= 15 is 0 Å². The molecule has 0 saturated carbocycles. The highest BCUT2D eigenvalue weighted by atomic mass is 32.2. The molecule has 1 aliphatic heterocycles. The minimum Gasteiger partial charge on any atom is -0.326 e. The Morgan fingerprint density at radius 2 is 1.68 bits per heavy atom. The summed E-state index contributed by atoms with van der Waals surface area (Å²) >= 11 is 0. The molecule has 1 amide bonds. The normalized spacial score (nSPS) is 13.5. The molecule has 0 atom stereocenters. The van der Waals surface area contributed by atoms with Gasteiger partial charge in [0.2, 0.25) is 15.9 Å². The van der Waals surface area contributed by atoms with Crippen LogP contribution in [0.2, 0.25) is 0 Å². The zero-order valence-corrected chi connectivity index (χ0v) is 18.4. The summed E-state index contributed by atoms with van der Waals surface area (Å²) in [5, 5.41) is 2.92. The SMILES string of the molecule is CCS(=O)(=O)N1CCCc2ccc(NC(=O)Cc3ccc(-c4ccccc4)cc3)cc21. The lowest BCUT2D eigenvalue weighted by Crippen LogP contribution is -2.36. The number of nitrogens with one attached hydrogen (secondary N) is 1. The Labute approximate surface area is 183 Å². The van der Waals surface area contributed by atoms with Gasteiger partial charge in [-0.2, -0.15) is 0 Å². The molecule has 31 heavy (non-hydrogen) atoms. The molecule has 0 radical (unpaired) electrons. The van der Waals surface area contributed by atoms with Gasteiger partial charge in [-0.15, -0.1) is 0 Å². The van der Waals surface area contributed by atoms with Crippen LogP contribution in [-0.4, -0.2) is 26.6 Å². The van der Waals surface area contributed by atoms with Crippen molar-refractivity contribution in [2.75, 3.05) is 21.9 Å². The standard InChI is InChI=1S/C25H26N2O3S/c1-2-31(29,30)27-16-6-9-22-14-15-23(18-24(22)27)26-25(28)17-19-10-12-21(13-11-19)20-7-4-3-5-8-20/h3-5,7-8,10-15,18H,2,6,9,16-17H2,1H3,(H,26,28). The van der Waals surface area contributed by atoms with Crippen molar-refractivity contribution in [3.63, 3.8) is 0 Å². The predicted molar refractivity (Wildman–Crippen MR) is 126 cm³/mol. The average Bonchev–Trinajstić information content (AvgIpc) is 2.79. The van der Waals surface area contributed by atoms with Crippen molar-refractivity contribution in [2.45, 2.75) is 26.2 Å². The smallest absolute Gasteiger partial charge is 0.234 e. The van der Waals surface area contributed by atoms with Crippen molar-refractivity contribution in [3.05, 3.63) is 83.9 Å². The van der Waals surface area contributed by atoms with Gasteiger partial charge >= 0.3 is 0 Å². The highest BCUT2D eigenvalue weighted by molar-refractivity contribution is 7.92. The average molecular weight is 435 g/mol. The highest BCUT2D eigenvalue weighted by Gasteiger charge is 2.26. The number of rotatable bonds is 6. The summed E-state index contributed by atoms with van der Waals surface area (Å²) in [6, 6.07) is 23.6. The van der Waals surface area contributed by atoms with Crippen LogP contribution in [0.3, 0.4) is 0 Å². The Morgan fingerprint density at radius 3 is 2.39 bits per heavy atom. The first kappa shape index (κ1) is 21.1. The summed E-state index contributed by atoms with van der Waals surface area (Å²) in [4.78, 5) is 12.6. The first-order chi connectivity index (χ1) is 15.0. The molecule has 1 heterocycles. The first-order valence-electron chi connectivity index (χ1n) is 10.5. The van der Waals surface area contributed by atoms with E-state index < -0.39 is 10.0 Å². The van der Waals surface area contributed by atoms with Crippen LogP contribution in [0.15, 0.2) is 72.8 Å². The van der Waals surface area contributed by atoms with E-state index in [9.17, 15) is 13.2 Å². The summed E-state index contributed by atoms with van der Waals surface area (Å²) in [5.41, 5.74) is 5.46. The molecule has 160 valence electrons. The number of benzene rings is 3. The summed E-state index contributed by atoms with van der Waals surface area (Å²) in [6.45, 7) is 2.13. The zero-order valence-electron chi connectivity index (χ0n) is 17.5. The number of hydrogen-bond donors (Lipinski definition) is 1. The lowest BCUT2D eigenvalue weighted by Gasteiger charge is -2.30. The van der Waals surface area contributed by atoms with E-state index in [1.165, 1.54) is 4.31 Å². The Balaban J connectivity index is 1.46. The van der Waals surface area contributed by atoms with Crippen LogP contribution >= 0.6 is 0 Å². The van der Waals surface area contributed by atoms with Gasteiger partial charge < -0.3 is 5.32 Å². The monoisotopic (exact) mass is 434 g/mol. The Morgan fingerprint density at radius 1 is 0.968 bits per heavy atom. The Bertz CT molecular complexity index is 1170. The molecule has 0 aromatic heterocycles. The maximum atomic E-state index is 12.6. The van der Waals surface area contributed by atoms with Gasteiger partial charge in [0.25, 0.3) is 0 Å². The number of carbonyl (C=O) groups is 1. The van der Waals surface area contributed by atoms with E-state index in [-0.39, 0.29) is 18.1 Å². The fourth-order valence-corrected chi connectivity index (χ4v) is 5.09. The van der Waals surface area contributed by atoms with Gasteiger partial charge in [-0.1, -0.05) is 60.7 Å². The van der Waals surface area contributed by atoms with Crippen LogP contribution in [0.4, 0.5) is 11.4 Å². The number of carbonyl (C=O) groups excluding carboxylic acids is 1. The second-order valence-corrected chi connectivity index (χ2v) is 9.89. The topological polar surface area (TPSA) is 66.5 Å². The molecule has 3 aromatic rings. The predicted octanol–water partition coefficient (Wildman–Crippen LogP) is 4.64. The van der Waals surface area contributed by atoms with Gasteiger partial charge in [-0.25, -0.2) is 8.42 Å². The van der Waals surface area contributed by atoms with E-state index in [2.05, 4.69) is 17.4 Å². The molecule has 4 rings (SSSR count). The number of hydrogen-bond acceptors (Lipinski definition) is 3. The van der Waals surface area contributed by atoms with Crippen molar-refractivity contribution in [1.29, 1.82) is 0 Å². The number of nitrogens with zero attached hydrogens (tertiary/aromatic N) is 1. The van der Waals surface area contributed by atoms with Crippen molar-refractivity contribution >= 4 is 27.3 Å². The minimum absolute atomic E-state index is 0.0575. The molecule has 6 heteroatoms. The molecular formula is C25H26N2O3S. The molecule has 0 saturated heterocycles. The Hall–Kier alpha value is -3.12. The maximum Gasteiger partial charge on any atom is 0.234 e. The molecule has 3 aromatic carbocycles. The van der Waals surface area contributed by atoms with Crippen LogP contribution in [0.5, 0.6) is 0 Å². The van der Waals surface area contributed by atoms with Crippen LogP contribution in [-0.2, 0) is 27.7 Å². The highest BCUT2D eigenvalue weighted by Crippen LogP contribution is 2.32. The van der Waals surface area contributed by atoms with Crippen molar-refractivity contribution in [1.82, 2.24) is 0 Å². The van der Waals surface area contributed by atoms with Gasteiger partial charge in [0, 0.05) is 12.2 Å². The van der Waals surface area contributed by atoms with Gasteiger partial charge in [-0.05, 0) is 54.2 Å². The molecule has 0 spiro atoms. The molecule has 0 fully saturated rings. The van der Waals surface area contributed by atoms with Crippen LogP contribution in [0.25, 0.3) is 11.1 Å². The fraction of sp³-hybridized carbons (Fsp3) is 0.240.